The fraction of sp³-hybridized carbons (Fsp3) is 0.308. The SMILES string of the molecule is CC(C)(C)c1ccc(OC2CN(C(c3ccccc3)c3ccccc3)C2)cc1. The summed E-state index contributed by atoms with van der Waals surface area (Å²) in [6.45, 7) is 8.59. The third-order valence-electron chi connectivity index (χ3n) is 5.50. The maximum Gasteiger partial charge on any atom is 0.124 e. The Kier molecular flexibility index (Phi) is 5.23. The van der Waals surface area contributed by atoms with Crippen LogP contribution in [0.25, 0.3) is 0 Å². The van der Waals surface area contributed by atoms with Gasteiger partial charge in [-0.05, 0) is 34.2 Å². The van der Waals surface area contributed by atoms with Gasteiger partial charge in [0, 0.05) is 13.1 Å². The van der Waals surface area contributed by atoms with E-state index in [1.54, 1.807) is 0 Å². The zero-order valence-electron chi connectivity index (χ0n) is 17.0. The molecule has 0 bridgehead atoms. The largest absolute Gasteiger partial charge is 0.488 e. The summed E-state index contributed by atoms with van der Waals surface area (Å²) in [5.74, 6) is 0.966. The quantitative estimate of drug-likeness (QED) is 0.559. The Bertz CT molecular complexity index is 836. The van der Waals surface area contributed by atoms with E-state index in [4.69, 9.17) is 4.74 Å². The summed E-state index contributed by atoms with van der Waals surface area (Å²) in [5, 5.41) is 0. The highest BCUT2D eigenvalue weighted by atomic mass is 16.5. The Morgan fingerprint density at radius 2 is 1.25 bits per heavy atom. The van der Waals surface area contributed by atoms with Crippen molar-refractivity contribution in [3.63, 3.8) is 0 Å². The van der Waals surface area contributed by atoms with Crippen molar-refractivity contribution in [2.45, 2.75) is 38.3 Å². The number of likely N-dealkylation sites (tertiary alicyclic amines) is 1. The molecule has 0 spiro atoms. The minimum Gasteiger partial charge on any atom is -0.488 e. The van der Waals surface area contributed by atoms with Crippen molar-refractivity contribution in [2.24, 2.45) is 0 Å². The lowest BCUT2D eigenvalue weighted by atomic mass is 9.87. The molecule has 3 aromatic carbocycles. The van der Waals surface area contributed by atoms with E-state index < -0.39 is 0 Å². The molecular formula is C26H29NO. The summed E-state index contributed by atoms with van der Waals surface area (Å²) in [4.78, 5) is 2.50. The van der Waals surface area contributed by atoms with E-state index in [9.17, 15) is 0 Å². The molecule has 1 aliphatic rings. The topological polar surface area (TPSA) is 12.5 Å². The lowest BCUT2D eigenvalue weighted by molar-refractivity contribution is 0.000276. The van der Waals surface area contributed by atoms with Crippen LogP contribution in [0.3, 0.4) is 0 Å². The third-order valence-corrected chi connectivity index (χ3v) is 5.50. The van der Waals surface area contributed by atoms with Crippen LogP contribution in [0, 0.1) is 0 Å². The Balaban J connectivity index is 1.44. The van der Waals surface area contributed by atoms with E-state index >= 15 is 0 Å². The number of hydrogen-bond acceptors (Lipinski definition) is 2. The number of hydrogen-bond donors (Lipinski definition) is 0. The van der Waals surface area contributed by atoms with Crippen LogP contribution in [0.5, 0.6) is 5.75 Å². The van der Waals surface area contributed by atoms with Crippen LogP contribution in [-0.4, -0.2) is 24.1 Å². The summed E-state index contributed by atoms with van der Waals surface area (Å²) in [6, 6.07) is 30.4. The van der Waals surface area contributed by atoms with Crippen LogP contribution in [0.2, 0.25) is 0 Å². The molecule has 0 aliphatic carbocycles. The first-order chi connectivity index (χ1) is 13.5. The van der Waals surface area contributed by atoms with Gasteiger partial charge in [0.15, 0.2) is 0 Å². The highest BCUT2D eigenvalue weighted by Crippen LogP contribution is 2.33. The summed E-state index contributed by atoms with van der Waals surface area (Å²) in [7, 11) is 0. The van der Waals surface area contributed by atoms with Gasteiger partial charge >= 0.3 is 0 Å². The number of ether oxygens (including phenoxy) is 1. The summed E-state index contributed by atoms with van der Waals surface area (Å²) < 4.78 is 6.23. The van der Waals surface area contributed by atoms with Crippen LogP contribution in [0.1, 0.15) is 43.5 Å². The van der Waals surface area contributed by atoms with Crippen molar-refractivity contribution < 1.29 is 4.74 Å². The molecule has 28 heavy (non-hydrogen) atoms. The first kappa shape index (κ1) is 18.8. The average molecular weight is 372 g/mol. The molecule has 0 aromatic heterocycles. The molecule has 4 rings (SSSR count). The van der Waals surface area contributed by atoms with Gasteiger partial charge in [-0.15, -0.1) is 0 Å². The normalized spacial score (nSPS) is 15.4. The second kappa shape index (κ2) is 7.81. The summed E-state index contributed by atoms with van der Waals surface area (Å²) in [5.41, 5.74) is 4.18. The van der Waals surface area contributed by atoms with Crippen molar-refractivity contribution in [2.75, 3.05) is 13.1 Å². The van der Waals surface area contributed by atoms with E-state index in [1.807, 2.05) is 0 Å². The highest BCUT2D eigenvalue weighted by Gasteiger charge is 2.35. The van der Waals surface area contributed by atoms with Crippen LogP contribution in [0.15, 0.2) is 84.9 Å². The van der Waals surface area contributed by atoms with Gasteiger partial charge in [0.05, 0.1) is 6.04 Å². The van der Waals surface area contributed by atoms with Crippen molar-refractivity contribution >= 4 is 0 Å². The minimum absolute atomic E-state index is 0.171. The van der Waals surface area contributed by atoms with Gasteiger partial charge in [-0.1, -0.05) is 93.6 Å². The van der Waals surface area contributed by atoms with Crippen molar-refractivity contribution in [1.82, 2.24) is 4.90 Å². The van der Waals surface area contributed by atoms with Crippen molar-refractivity contribution in [3.8, 4) is 5.75 Å². The third kappa shape index (κ3) is 4.13. The van der Waals surface area contributed by atoms with E-state index in [0.717, 1.165) is 18.8 Å². The fourth-order valence-electron chi connectivity index (χ4n) is 3.87. The Morgan fingerprint density at radius 1 is 0.750 bits per heavy atom. The van der Waals surface area contributed by atoms with E-state index in [2.05, 4.69) is 111 Å². The van der Waals surface area contributed by atoms with E-state index in [1.165, 1.54) is 16.7 Å². The maximum absolute atomic E-state index is 6.23. The molecule has 0 amide bonds. The highest BCUT2D eigenvalue weighted by molar-refractivity contribution is 5.34. The fourth-order valence-corrected chi connectivity index (χ4v) is 3.87. The molecule has 0 atom stereocenters. The standard InChI is InChI=1S/C26H29NO/c1-26(2,3)22-14-16-23(17-15-22)28-24-18-27(19-24)25(20-10-6-4-7-11-20)21-12-8-5-9-13-21/h4-17,24-25H,18-19H2,1-3H3. The molecule has 1 saturated heterocycles. The summed E-state index contributed by atoms with van der Waals surface area (Å²) in [6.07, 6.45) is 0.246. The number of benzene rings is 3. The van der Waals surface area contributed by atoms with Crippen LogP contribution >= 0.6 is 0 Å². The van der Waals surface area contributed by atoms with Gasteiger partial charge in [0.1, 0.15) is 11.9 Å². The smallest absolute Gasteiger partial charge is 0.124 e. The van der Waals surface area contributed by atoms with E-state index in [0.29, 0.717) is 0 Å². The second-order valence-corrected chi connectivity index (χ2v) is 8.69. The second-order valence-electron chi connectivity index (χ2n) is 8.69. The molecule has 2 heteroatoms. The van der Waals surface area contributed by atoms with Gasteiger partial charge < -0.3 is 4.74 Å². The molecule has 1 aliphatic heterocycles. The molecule has 0 N–H and O–H groups in total. The molecule has 1 fully saturated rings. The zero-order chi connectivity index (χ0) is 19.6. The lowest BCUT2D eigenvalue weighted by Gasteiger charge is -2.44. The predicted octanol–water partition coefficient (Wildman–Crippen LogP) is 5.84. The Morgan fingerprint density at radius 3 is 1.71 bits per heavy atom. The van der Waals surface area contributed by atoms with Gasteiger partial charge in [0.25, 0.3) is 0 Å². The molecule has 1 heterocycles. The minimum atomic E-state index is 0.171. The average Bonchev–Trinajstić information content (AvgIpc) is 2.67. The van der Waals surface area contributed by atoms with Gasteiger partial charge in [-0.2, -0.15) is 0 Å². The predicted molar refractivity (Wildman–Crippen MR) is 116 cm³/mol. The van der Waals surface area contributed by atoms with Crippen LogP contribution in [-0.2, 0) is 5.41 Å². The molecule has 2 nitrogen and oxygen atoms in total. The van der Waals surface area contributed by atoms with Crippen molar-refractivity contribution in [3.05, 3.63) is 102 Å². The van der Waals surface area contributed by atoms with Gasteiger partial charge in [-0.3, -0.25) is 4.90 Å². The summed E-state index contributed by atoms with van der Waals surface area (Å²) >= 11 is 0. The zero-order valence-corrected chi connectivity index (χ0v) is 17.0. The van der Waals surface area contributed by atoms with Gasteiger partial charge in [-0.25, -0.2) is 0 Å². The van der Waals surface area contributed by atoms with E-state index in [-0.39, 0.29) is 17.6 Å². The molecule has 3 aromatic rings. The number of rotatable bonds is 5. The van der Waals surface area contributed by atoms with Crippen molar-refractivity contribution in [1.29, 1.82) is 0 Å². The number of nitrogens with zero attached hydrogens (tertiary/aromatic N) is 1. The lowest BCUT2D eigenvalue weighted by Crippen LogP contribution is -2.55. The molecular weight excluding hydrogens is 342 g/mol. The molecule has 0 unspecified atom stereocenters. The first-order valence-electron chi connectivity index (χ1n) is 10.1. The Labute approximate surface area is 168 Å². The van der Waals surface area contributed by atoms with Crippen LogP contribution < -0.4 is 4.74 Å². The maximum atomic E-state index is 6.23. The van der Waals surface area contributed by atoms with Crippen LogP contribution in [0.4, 0.5) is 0 Å². The monoisotopic (exact) mass is 371 g/mol. The molecule has 0 saturated carbocycles. The Hall–Kier alpha value is -2.58. The van der Waals surface area contributed by atoms with Gasteiger partial charge in [0.2, 0.25) is 0 Å². The first-order valence-corrected chi connectivity index (χ1v) is 10.1. The molecule has 0 radical (unpaired) electrons. The molecule has 144 valence electrons.